The molecule has 2 N–H and O–H groups in total. The molecule has 3 aliphatic rings. The van der Waals surface area contributed by atoms with Crippen molar-refractivity contribution in [1.82, 2.24) is 9.55 Å². The Labute approximate surface area is 193 Å². The number of hydrogen-bond donors (Lipinski definition) is 1. The van der Waals surface area contributed by atoms with E-state index in [2.05, 4.69) is 4.57 Å². The Morgan fingerprint density at radius 1 is 1.16 bits per heavy atom. The predicted octanol–water partition coefficient (Wildman–Crippen LogP) is 5.01. The molecule has 172 valence electrons. The Morgan fingerprint density at radius 2 is 1.78 bits per heavy atom. The summed E-state index contributed by atoms with van der Waals surface area (Å²) in [6.07, 6.45) is 7.19. The van der Waals surface area contributed by atoms with Crippen molar-refractivity contribution in [3.05, 3.63) is 52.3 Å². The number of nitrogens with two attached hydrogens (primary N) is 1. The number of hydrogen-bond acceptors (Lipinski definition) is 3. The van der Waals surface area contributed by atoms with Gasteiger partial charge in [0, 0.05) is 6.54 Å². The van der Waals surface area contributed by atoms with Crippen LogP contribution >= 0.6 is 11.6 Å². The number of imidazole rings is 1. The Hall–Kier alpha value is -1.92. The van der Waals surface area contributed by atoms with Gasteiger partial charge in [-0.2, -0.15) is 0 Å². The molecule has 1 heterocycles. The highest BCUT2D eigenvalue weighted by atomic mass is 35.5. The van der Waals surface area contributed by atoms with Gasteiger partial charge in [-0.15, -0.1) is 0 Å². The largest absolute Gasteiger partial charge is 0.369 e. The number of aromatic nitrogens is 2. The molecular weight excluding hydrogens is 429 g/mol. The van der Waals surface area contributed by atoms with E-state index in [1.807, 2.05) is 6.92 Å². The number of carbonyl (C=O) groups excluding carboxylic acids is 1. The number of benzene rings is 1. The fourth-order valence-electron chi connectivity index (χ4n) is 5.16. The molecule has 32 heavy (non-hydrogen) atoms. The maximum absolute atomic E-state index is 13.5. The Bertz CT molecular complexity index is 1000. The van der Waals surface area contributed by atoms with Crippen LogP contribution in [-0.4, -0.2) is 22.1 Å². The second-order valence-corrected chi connectivity index (χ2v) is 10.4. The fraction of sp³-hybridized carbons (Fsp3) is 0.600. The summed E-state index contributed by atoms with van der Waals surface area (Å²) in [4.78, 5) is 17.5. The zero-order chi connectivity index (χ0) is 22.5. The monoisotopic (exact) mass is 459 g/mol. The van der Waals surface area contributed by atoms with Crippen LogP contribution in [0.25, 0.3) is 0 Å². The van der Waals surface area contributed by atoms with Crippen molar-refractivity contribution in [3.63, 3.8) is 0 Å². The van der Waals surface area contributed by atoms with Gasteiger partial charge in [-0.1, -0.05) is 23.7 Å². The van der Waals surface area contributed by atoms with Crippen LogP contribution < -0.4 is 5.73 Å². The van der Waals surface area contributed by atoms with Crippen molar-refractivity contribution in [1.29, 1.82) is 0 Å². The molecule has 5 nitrogen and oxygen atoms in total. The summed E-state index contributed by atoms with van der Waals surface area (Å²) in [5, 5.41) is 0.528. The van der Waals surface area contributed by atoms with Crippen molar-refractivity contribution in [2.24, 2.45) is 17.6 Å². The minimum absolute atomic E-state index is 0.321. The Kier molecular flexibility index (Phi) is 5.57. The van der Waals surface area contributed by atoms with Gasteiger partial charge >= 0.3 is 0 Å². The number of halogens is 2. The average molecular weight is 460 g/mol. The standard InChI is InChI=1S/C25H31ClFN3O2/c1-16-21(26)29-23(30(16)14-17-2-3-17)25(32-15-18-4-5-18)12-10-24(11-13-25,22(28)31)19-6-8-20(27)9-7-19/h6-9,17-18H,2-5,10-15H2,1H3,(H2,28,31). The van der Waals surface area contributed by atoms with E-state index >= 15 is 0 Å². The van der Waals surface area contributed by atoms with E-state index in [-0.39, 0.29) is 11.7 Å². The van der Waals surface area contributed by atoms with Crippen molar-refractivity contribution in [3.8, 4) is 0 Å². The van der Waals surface area contributed by atoms with Crippen molar-refractivity contribution < 1.29 is 13.9 Å². The van der Waals surface area contributed by atoms with E-state index in [9.17, 15) is 9.18 Å². The van der Waals surface area contributed by atoms with Crippen LogP contribution in [0.15, 0.2) is 24.3 Å². The van der Waals surface area contributed by atoms with Gasteiger partial charge in [0.05, 0.1) is 17.7 Å². The zero-order valence-electron chi connectivity index (χ0n) is 18.6. The minimum Gasteiger partial charge on any atom is -0.369 e. The molecule has 3 fully saturated rings. The summed E-state index contributed by atoms with van der Waals surface area (Å²) in [5.74, 6) is 1.49. The van der Waals surface area contributed by atoms with E-state index in [1.165, 1.54) is 37.8 Å². The molecule has 0 saturated heterocycles. The lowest BCUT2D eigenvalue weighted by molar-refractivity contribution is -0.133. The number of amides is 1. The number of nitrogens with zero attached hydrogens (tertiary/aromatic N) is 2. The van der Waals surface area contributed by atoms with Crippen LogP contribution in [0, 0.1) is 24.6 Å². The van der Waals surface area contributed by atoms with Crippen molar-refractivity contribution in [2.75, 3.05) is 6.61 Å². The molecule has 0 spiro atoms. The van der Waals surface area contributed by atoms with Gasteiger partial charge in [-0.05, 0) is 87.8 Å². The first-order valence-corrected chi connectivity index (χ1v) is 12.1. The second kappa shape index (κ2) is 8.14. The highest BCUT2D eigenvalue weighted by Gasteiger charge is 2.51. The van der Waals surface area contributed by atoms with Crippen molar-refractivity contribution in [2.45, 2.75) is 75.9 Å². The number of rotatable bonds is 8. The quantitative estimate of drug-likeness (QED) is 0.603. The summed E-state index contributed by atoms with van der Waals surface area (Å²) < 4.78 is 22.5. The van der Waals surface area contributed by atoms with Gasteiger partial charge in [0.15, 0.2) is 0 Å². The van der Waals surface area contributed by atoms with Gasteiger partial charge in [0.25, 0.3) is 0 Å². The summed E-state index contributed by atoms with van der Waals surface area (Å²) >= 11 is 6.51. The third-order valence-corrected chi connectivity index (χ3v) is 8.14. The molecule has 1 aromatic heterocycles. The SMILES string of the molecule is Cc1c(Cl)nc(C2(OCC3CC3)CCC(C(N)=O)(c3ccc(F)cc3)CC2)n1CC1CC1. The van der Waals surface area contributed by atoms with E-state index in [0.717, 1.165) is 23.6 Å². The molecule has 1 aromatic carbocycles. The van der Waals surface area contributed by atoms with Gasteiger partial charge in [-0.3, -0.25) is 4.79 Å². The lowest BCUT2D eigenvalue weighted by Gasteiger charge is -2.45. The maximum Gasteiger partial charge on any atom is 0.228 e. The normalized spacial score (nSPS) is 28.1. The molecule has 0 bridgehead atoms. The summed E-state index contributed by atoms with van der Waals surface area (Å²) in [5.41, 5.74) is 6.29. The number of carbonyl (C=O) groups is 1. The Balaban J connectivity index is 1.49. The highest BCUT2D eigenvalue weighted by molar-refractivity contribution is 6.30. The first kappa shape index (κ1) is 21.9. The second-order valence-electron chi connectivity index (χ2n) is 10.1. The van der Waals surface area contributed by atoms with Gasteiger partial charge < -0.3 is 15.0 Å². The molecule has 3 aliphatic carbocycles. The lowest BCUT2D eigenvalue weighted by Crippen LogP contribution is -2.49. The minimum atomic E-state index is -0.826. The summed E-state index contributed by atoms with van der Waals surface area (Å²) in [6.45, 7) is 3.63. The topological polar surface area (TPSA) is 70.1 Å². The molecule has 3 saturated carbocycles. The molecule has 0 aliphatic heterocycles. The lowest BCUT2D eigenvalue weighted by atomic mass is 9.64. The van der Waals surface area contributed by atoms with E-state index in [1.54, 1.807) is 12.1 Å². The predicted molar refractivity (Wildman–Crippen MR) is 121 cm³/mol. The van der Waals surface area contributed by atoms with Crippen LogP contribution in [0.3, 0.4) is 0 Å². The van der Waals surface area contributed by atoms with Gasteiger partial charge in [0.1, 0.15) is 22.4 Å². The number of ether oxygens (including phenoxy) is 1. The third kappa shape index (κ3) is 3.96. The zero-order valence-corrected chi connectivity index (χ0v) is 19.3. The molecule has 5 rings (SSSR count). The summed E-state index contributed by atoms with van der Waals surface area (Å²) in [6, 6.07) is 6.17. The number of primary amides is 1. The van der Waals surface area contributed by atoms with Crippen molar-refractivity contribution >= 4 is 17.5 Å². The van der Waals surface area contributed by atoms with Crippen LogP contribution in [0.5, 0.6) is 0 Å². The van der Waals surface area contributed by atoms with E-state index in [0.29, 0.717) is 49.3 Å². The molecule has 7 heteroatoms. The smallest absolute Gasteiger partial charge is 0.228 e. The van der Waals surface area contributed by atoms with E-state index in [4.69, 9.17) is 27.1 Å². The van der Waals surface area contributed by atoms with Crippen LogP contribution in [-0.2, 0) is 27.1 Å². The molecular formula is C25H31ClFN3O2. The summed E-state index contributed by atoms with van der Waals surface area (Å²) in [7, 11) is 0. The van der Waals surface area contributed by atoms with Gasteiger partial charge in [0.2, 0.25) is 5.91 Å². The fourth-order valence-corrected chi connectivity index (χ4v) is 5.34. The van der Waals surface area contributed by atoms with Crippen LogP contribution in [0.4, 0.5) is 4.39 Å². The first-order valence-electron chi connectivity index (χ1n) is 11.8. The first-order chi connectivity index (χ1) is 15.3. The molecule has 2 aromatic rings. The molecule has 0 unspecified atom stereocenters. The van der Waals surface area contributed by atoms with Gasteiger partial charge in [-0.25, -0.2) is 9.37 Å². The molecule has 1 amide bonds. The molecule has 0 atom stereocenters. The Morgan fingerprint density at radius 3 is 2.34 bits per heavy atom. The maximum atomic E-state index is 13.5. The highest BCUT2D eigenvalue weighted by Crippen LogP contribution is 2.50. The molecule has 0 radical (unpaired) electrons. The third-order valence-electron chi connectivity index (χ3n) is 7.78. The van der Waals surface area contributed by atoms with Crippen LogP contribution in [0.1, 0.15) is 68.4 Å². The van der Waals surface area contributed by atoms with E-state index < -0.39 is 11.0 Å². The van der Waals surface area contributed by atoms with Crippen LogP contribution in [0.2, 0.25) is 5.15 Å². The average Bonchev–Trinajstić information content (AvgIpc) is 3.70.